The van der Waals surface area contributed by atoms with Crippen LogP contribution in [0.15, 0.2) is 18.3 Å². The Labute approximate surface area is 83.4 Å². The number of rotatable bonds is 2. The van der Waals surface area contributed by atoms with E-state index in [4.69, 9.17) is 5.73 Å². The summed E-state index contributed by atoms with van der Waals surface area (Å²) >= 11 is 0. The monoisotopic (exact) mass is 193 g/mol. The van der Waals surface area contributed by atoms with Crippen LogP contribution in [0.25, 0.3) is 0 Å². The Kier molecular flexibility index (Phi) is 2.07. The van der Waals surface area contributed by atoms with Gasteiger partial charge in [-0.3, -0.25) is 0 Å². The second kappa shape index (κ2) is 3.13. The van der Waals surface area contributed by atoms with Crippen LogP contribution >= 0.6 is 0 Å². The van der Waals surface area contributed by atoms with Crippen molar-refractivity contribution in [3.63, 3.8) is 0 Å². The molecule has 2 rings (SSSR count). The fourth-order valence-electron chi connectivity index (χ4n) is 1.63. The van der Waals surface area contributed by atoms with E-state index in [2.05, 4.69) is 4.98 Å². The minimum atomic E-state index is -0.511. The molecule has 0 unspecified atom stereocenters. The van der Waals surface area contributed by atoms with Crippen LogP contribution in [0, 0.1) is 0 Å². The highest BCUT2D eigenvalue weighted by molar-refractivity contribution is 5.48. The van der Waals surface area contributed by atoms with Crippen molar-refractivity contribution >= 4 is 11.5 Å². The van der Waals surface area contributed by atoms with Crippen molar-refractivity contribution < 1.29 is 5.11 Å². The van der Waals surface area contributed by atoms with Gasteiger partial charge in [0.05, 0.1) is 17.5 Å². The summed E-state index contributed by atoms with van der Waals surface area (Å²) in [5.74, 6) is 0.886. The lowest BCUT2D eigenvalue weighted by Crippen LogP contribution is -2.61. The van der Waals surface area contributed by atoms with E-state index >= 15 is 0 Å². The molecule has 3 N–H and O–H groups in total. The summed E-state index contributed by atoms with van der Waals surface area (Å²) in [6, 6.07) is 3.70. The first-order valence-electron chi connectivity index (χ1n) is 4.82. The van der Waals surface area contributed by atoms with Gasteiger partial charge in [-0.2, -0.15) is 0 Å². The zero-order valence-corrected chi connectivity index (χ0v) is 8.27. The number of pyridine rings is 1. The van der Waals surface area contributed by atoms with Gasteiger partial charge in [-0.25, -0.2) is 4.98 Å². The Morgan fingerprint density at radius 3 is 2.79 bits per heavy atom. The zero-order valence-electron chi connectivity index (χ0n) is 8.27. The normalized spacial score (nSPS) is 19.1. The van der Waals surface area contributed by atoms with Gasteiger partial charge in [0.1, 0.15) is 5.82 Å². The number of hydrogen-bond acceptors (Lipinski definition) is 4. The molecule has 0 spiro atoms. The third-order valence-corrected chi connectivity index (χ3v) is 2.72. The Morgan fingerprint density at radius 1 is 1.57 bits per heavy atom. The molecule has 0 bridgehead atoms. The van der Waals surface area contributed by atoms with Crippen molar-refractivity contribution in [2.75, 3.05) is 23.7 Å². The van der Waals surface area contributed by atoms with Crippen molar-refractivity contribution in [1.82, 2.24) is 4.98 Å². The first-order chi connectivity index (χ1) is 6.63. The maximum absolute atomic E-state index is 9.81. The molecule has 0 atom stereocenters. The summed E-state index contributed by atoms with van der Waals surface area (Å²) in [6.07, 6.45) is 2.43. The number of anilines is 2. The fourth-order valence-corrected chi connectivity index (χ4v) is 1.63. The molecule has 1 aliphatic rings. The van der Waals surface area contributed by atoms with Crippen molar-refractivity contribution in [2.24, 2.45) is 0 Å². The van der Waals surface area contributed by atoms with Crippen molar-refractivity contribution in [3.8, 4) is 0 Å². The first-order valence-corrected chi connectivity index (χ1v) is 4.82. The van der Waals surface area contributed by atoms with E-state index in [1.54, 1.807) is 6.20 Å². The van der Waals surface area contributed by atoms with Crippen molar-refractivity contribution in [3.05, 3.63) is 18.3 Å². The molecule has 4 nitrogen and oxygen atoms in total. The summed E-state index contributed by atoms with van der Waals surface area (Å²) in [4.78, 5) is 6.23. The molecular formula is C10H15N3O. The van der Waals surface area contributed by atoms with Gasteiger partial charge >= 0.3 is 0 Å². The van der Waals surface area contributed by atoms with E-state index in [9.17, 15) is 5.11 Å². The Morgan fingerprint density at radius 2 is 2.29 bits per heavy atom. The number of aliphatic hydroxyl groups is 1. The zero-order chi connectivity index (χ0) is 10.2. The molecule has 1 aromatic heterocycles. The van der Waals surface area contributed by atoms with Crippen LogP contribution in [0.5, 0.6) is 0 Å². The number of hydrogen-bond donors (Lipinski definition) is 2. The molecule has 0 amide bonds. The van der Waals surface area contributed by atoms with Gasteiger partial charge in [0, 0.05) is 13.1 Å². The predicted octanol–water partition coefficient (Wildman–Crippen LogP) is 0.625. The largest absolute Gasteiger partial charge is 0.397 e. The molecule has 0 radical (unpaired) electrons. The molecule has 1 aromatic rings. The standard InChI is InChI=1S/C10H15N3O/c1-2-10(14)6-13(7-10)9-4-3-8(11)5-12-9/h3-5,14H,2,6-7,11H2,1H3. The molecular weight excluding hydrogens is 178 g/mol. The molecule has 1 fully saturated rings. The van der Waals surface area contributed by atoms with Crippen LogP contribution in [0.3, 0.4) is 0 Å². The van der Waals surface area contributed by atoms with E-state index in [0.29, 0.717) is 18.8 Å². The van der Waals surface area contributed by atoms with E-state index in [0.717, 1.165) is 12.2 Å². The molecule has 1 aliphatic heterocycles. The topological polar surface area (TPSA) is 62.4 Å². The highest BCUT2D eigenvalue weighted by Crippen LogP contribution is 2.28. The van der Waals surface area contributed by atoms with E-state index in [-0.39, 0.29) is 0 Å². The summed E-state index contributed by atoms with van der Waals surface area (Å²) in [6.45, 7) is 3.33. The van der Waals surface area contributed by atoms with E-state index < -0.39 is 5.60 Å². The van der Waals surface area contributed by atoms with Crippen LogP contribution in [-0.2, 0) is 0 Å². The van der Waals surface area contributed by atoms with Crippen LogP contribution in [0.2, 0.25) is 0 Å². The minimum Gasteiger partial charge on any atom is -0.397 e. The van der Waals surface area contributed by atoms with Gasteiger partial charge in [-0.05, 0) is 18.6 Å². The number of β-amino-alcohol motifs (C(OH)–C–C–N with tert-alkyl or cyclic N) is 1. The molecule has 1 saturated heterocycles. The average Bonchev–Trinajstić information content (AvgIpc) is 2.15. The maximum Gasteiger partial charge on any atom is 0.128 e. The van der Waals surface area contributed by atoms with Gasteiger partial charge < -0.3 is 15.7 Å². The van der Waals surface area contributed by atoms with Crippen LogP contribution in [0.4, 0.5) is 11.5 Å². The summed E-state index contributed by atoms with van der Waals surface area (Å²) in [5.41, 5.74) is 5.69. The fraction of sp³-hybridized carbons (Fsp3) is 0.500. The molecule has 2 heterocycles. The quantitative estimate of drug-likeness (QED) is 0.723. The van der Waals surface area contributed by atoms with Gasteiger partial charge in [-0.15, -0.1) is 0 Å². The number of nitrogen functional groups attached to an aromatic ring is 1. The first kappa shape index (κ1) is 9.27. The Balaban J connectivity index is 2.03. The summed E-state index contributed by atoms with van der Waals surface area (Å²) in [5, 5.41) is 9.81. The molecule has 14 heavy (non-hydrogen) atoms. The molecule has 76 valence electrons. The van der Waals surface area contributed by atoms with Crippen LogP contribution < -0.4 is 10.6 Å². The van der Waals surface area contributed by atoms with Gasteiger partial charge in [0.15, 0.2) is 0 Å². The number of nitrogens with zero attached hydrogens (tertiary/aromatic N) is 2. The summed E-state index contributed by atoms with van der Waals surface area (Å²) < 4.78 is 0. The second-order valence-corrected chi connectivity index (χ2v) is 3.88. The highest BCUT2D eigenvalue weighted by Gasteiger charge is 2.39. The number of nitrogens with two attached hydrogens (primary N) is 1. The maximum atomic E-state index is 9.81. The van der Waals surface area contributed by atoms with Crippen LogP contribution in [-0.4, -0.2) is 28.8 Å². The van der Waals surface area contributed by atoms with Crippen molar-refractivity contribution in [2.45, 2.75) is 18.9 Å². The van der Waals surface area contributed by atoms with Gasteiger partial charge in [0.25, 0.3) is 0 Å². The molecule has 0 aliphatic carbocycles. The van der Waals surface area contributed by atoms with E-state index in [1.807, 2.05) is 24.0 Å². The van der Waals surface area contributed by atoms with Crippen LogP contribution in [0.1, 0.15) is 13.3 Å². The van der Waals surface area contributed by atoms with E-state index in [1.165, 1.54) is 0 Å². The third-order valence-electron chi connectivity index (χ3n) is 2.72. The predicted molar refractivity (Wildman–Crippen MR) is 56.1 cm³/mol. The summed E-state index contributed by atoms with van der Waals surface area (Å²) in [7, 11) is 0. The van der Waals surface area contributed by atoms with Gasteiger partial charge in [0.2, 0.25) is 0 Å². The average molecular weight is 193 g/mol. The SMILES string of the molecule is CCC1(O)CN(c2ccc(N)cn2)C1. The lowest BCUT2D eigenvalue weighted by molar-refractivity contribution is 0.00807. The minimum absolute atomic E-state index is 0.511. The molecule has 0 saturated carbocycles. The van der Waals surface area contributed by atoms with Crippen molar-refractivity contribution in [1.29, 1.82) is 0 Å². The third kappa shape index (κ3) is 1.53. The lowest BCUT2D eigenvalue weighted by Gasteiger charge is -2.46. The Hall–Kier alpha value is -1.29. The number of aromatic nitrogens is 1. The smallest absolute Gasteiger partial charge is 0.128 e. The van der Waals surface area contributed by atoms with Gasteiger partial charge in [-0.1, -0.05) is 6.92 Å². The second-order valence-electron chi connectivity index (χ2n) is 3.88. The lowest BCUT2D eigenvalue weighted by atomic mass is 9.91. The highest BCUT2D eigenvalue weighted by atomic mass is 16.3. The molecule has 4 heteroatoms. The molecule has 0 aromatic carbocycles. The Bertz CT molecular complexity index is 317.